The fourth-order valence-corrected chi connectivity index (χ4v) is 3.31. The van der Waals surface area contributed by atoms with Crippen LogP contribution in [0, 0.1) is 0 Å². The van der Waals surface area contributed by atoms with Gasteiger partial charge in [-0.15, -0.1) is 0 Å². The number of rotatable bonds is 2. The molecule has 0 aromatic heterocycles. The third-order valence-electron chi connectivity index (χ3n) is 4.31. The lowest BCUT2D eigenvalue weighted by Gasteiger charge is -2.45. The fraction of sp³-hybridized carbons (Fsp3) is 0.533. The van der Waals surface area contributed by atoms with E-state index >= 15 is 0 Å². The molecule has 1 aromatic rings. The first-order valence-corrected chi connectivity index (χ1v) is 7.07. The zero-order chi connectivity index (χ0) is 13.2. The molecule has 0 amide bonds. The molecule has 1 N–H and O–H groups in total. The Balaban J connectivity index is 1.81. The molecule has 0 aliphatic carbocycles. The van der Waals surface area contributed by atoms with Crippen LogP contribution >= 0.6 is 0 Å². The Kier molecular flexibility index (Phi) is 3.42. The Morgan fingerprint density at radius 1 is 1.16 bits per heavy atom. The molecule has 1 unspecified atom stereocenters. The van der Waals surface area contributed by atoms with Crippen molar-refractivity contribution < 1.29 is 9.90 Å². The molecule has 0 bridgehead atoms. The fourth-order valence-electron chi connectivity index (χ4n) is 3.31. The quantitative estimate of drug-likeness (QED) is 0.884. The van der Waals surface area contributed by atoms with Crippen molar-refractivity contribution in [2.75, 3.05) is 31.1 Å². The zero-order valence-electron chi connectivity index (χ0n) is 11.1. The number of carbonyl (C=O) groups is 1. The van der Waals surface area contributed by atoms with Crippen LogP contribution in [0.25, 0.3) is 0 Å². The van der Waals surface area contributed by atoms with Crippen LogP contribution in [0.4, 0.5) is 5.69 Å². The summed E-state index contributed by atoms with van der Waals surface area (Å²) in [5.41, 5.74) is 1.30. The number of hydrogen-bond donors (Lipinski definition) is 1. The minimum Gasteiger partial charge on any atom is -0.478 e. The maximum Gasteiger partial charge on any atom is 0.337 e. The van der Waals surface area contributed by atoms with Gasteiger partial charge < -0.3 is 10.0 Å². The Labute approximate surface area is 113 Å². The number of carboxylic acid groups (broad SMARTS) is 1. The van der Waals surface area contributed by atoms with Gasteiger partial charge in [0.2, 0.25) is 0 Å². The maximum absolute atomic E-state index is 11.3. The molecule has 2 heterocycles. The summed E-state index contributed by atoms with van der Waals surface area (Å²) in [6, 6.07) is 7.95. The van der Waals surface area contributed by atoms with Crippen molar-refractivity contribution in [1.82, 2.24) is 4.90 Å². The van der Waals surface area contributed by atoms with Crippen molar-refractivity contribution in [1.29, 1.82) is 0 Å². The van der Waals surface area contributed by atoms with Crippen molar-refractivity contribution in [2.24, 2.45) is 0 Å². The van der Waals surface area contributed by atoms with E-state index in [1.165, 1.54) is 25.8 Å². The van der Waals surface area contributed by atoms with Crippen molar-refractivity contribution in [3.05, 3.63) is 29.8 Å². The number of hydrogen-bond acceptors (Lipinski definition) is 3. The third kappa shape index (κ3) is 2.45. The van der Waals surface area contributed by atoms with Gasteiger partial charge in [-0.2, -0.15) is 0 Å². The Bertz CT molecular complexity index is 475. The first kappa shape index (κ1) is 12.5. The summed E-state index contributed by atoms with van der Waals surface area (Å²) < 4.78 is 0. The van der Waals surface area contributed by atoms with Crippen LogP contribution in [-0.4, -0.2) is 48.2 Å². The van der Waals surface area contributed by atoms with Gasteiger partial charge in [0.15, 0.2) is 0 Å². The van der Waals surface area contributed by atoms with Crippen LogP contribution in [0.5, 0.6) is 0 Å². The molecule has 2 aliphatic rings. The van der Waals surface area contributed by atoms with E-state index in [1.54, 1.807) is 12.1 Å². The van der Waals surface area contributed by atoms with Crippen LogP contribution < -0.4 is 4.90 Å². The van der Waals surface area contributed by atoms with Crippen LogP contribution in [0.3, 0.4) is 0 Å². The number of piperazine rings is 1. The Hall–Kier alpha value is -1.55. The van der Waals surface area contributed by atoms with E-state index in [0.717, 1.165) is 25.3 Å². The molecule has 1 atom stereocenters. The van der Waals surface area contributed by atoms with Crippen LogP contribution in [-0.2, 0) is 0 Å². The van der Waals surface area contributed by atoms with Crippen molar-refractivity contribution in [2.45, 2.75) is 25.3 Å². The molecule has 1 aromatic carbocycles. The number of anilines is 1. The Morgan fingerprint density at radius 3 is 2.84 bits per heavy atom. The molecular weight excluding hydrogens is 240 g/mol. The molecule has 0 spiro atoms. The van der Waals surface area contributed by atoms with Crippen LogP contribution in [0.2, 0.25) is 0 Å². The van der Waals surface area contributed by atoms with Crippen LogP contribution in [0.15, 0.2) is 24.3 Å². The van der Waals surface area contributed by atoms with Gasteiger partial charge >= 0.3 is 5.97 Å². The van der Waals surface area contributed by atoms with Crippen molar-refractivity contribution >= 4 is 11.7 Å². The largest absolute Gasteiger partial charge is 0.478 e. The lowest BCUT2D eigenvalue weighted by atomic mass is 9.98. The monoisotopic (exact) mass is 260 g/mol. The van der Waals surface area contributed by atoms with Gasteiger partial charge in [0.05, 0.1) is 11.3 Å². The lowest BCUT2D eigenvalue weighted by Crippen LogP contribution is -2.55. The van der Waals surface area contributed by atoms with E-state index in [2.05, 4.69) is 9.80 Å². The molecule has 19 heavy (non-hydrogen) atoms. The average Bonchev–Trinajstić information content (AvgIpc) is 2.46. The number of fused-ring (bicyclic) bond motifs is 1. The van der Waals surface area contributed by atoms with E-state index < -0.39 is 5.97 Å². The highest BCUT2D eigenvalue weighted by atomic mass is 16.4. The minimum atomic E-state index is -0.832. The summed E-state index contributed by atoms with van der Waals surface area (Å²) in [6.45, 7) is 4.16. The molecule has 4 nitrogen and oxygen atoms in total. The SMILES string of the molecule is O=C(O)c1ccccc1N1CCN2CCCCC2C1. The molecule has 4 heteroatoms. The molecule has 102 valence electrons. The predicted molar refractivity (Wildman–Crippen MR) is 74.8 cm³/mol. The summed E-state index contributed by atoms with van der Waals surface area (Å²) in [5.74, 6) is -0.832. The molecule has 2 aliphatic heterocycles. The van der Waals surface area contributed by atoms with E-state index in [4.69, 9.17) is 0 Å². The first-order valence-electron chi connectivity index (χ1n) is 7.07. The normalized spacial score (nSPS) is 24.0. The van der Waals surface area contributed by atoms with E-state index in [-0.39, 0.29) is 0 Å². The second-order valence-corrected chi connectivity index (χ2v) is 5.45. The third-order valence-corrected chi connectivity index (χ3v) is 4.31. The topological polar surface area (TPSA) is 43.8 Å². The summed E-state index contributed by atoms with van der Waals surface area (Å²) >= 11 is 0. The summed E-state index contributed by atoms with van der Waals surface area (Å²) in [6.07, 6.45) is 3.85. The number of carboxylic acids is 1. The van der Waals surface area contributed by atoms with Gasteiger partial charge in [0, 0.05) is 25.7 Å². The molecule has 0 saturated carbocycles. The maximum atomic E-state index is 11.3. The number of aromatic carboxylic acids is 1. The Morgan fingerprint density at radius 2 is 2.00 bits per heavy atom. The summed E-state index contributed by atoms with van der Waals surface area (Å²) in [7, 11) is 0. The lowest BCUT2D eigenvalue weighted by molar-refractivity contribution is 0.0696. The number of piperidine rings is 1. The highest BCUT2D eigenvalue weighted by Crippen LogP contribution is 2.27. The number of benzene rings is 1. The first-order chi connectivity index (χ1) is 9.25. The van der Waals surface area contributed by atoms with Gasteiger partial charge in [-0.05, 0) is 31.5 Å². The van der Waals surface area contributed by atoms with Gasteiger partial charge in [-0.25, -0.2) is 4.79 Å². The number of nitrogens with zero attached hydrogens (tertiary/aromatic N) is 2. The highest BCUT2D eigenvalue weighted by molar-refractivity contribution is 5.94. The van der Waals surface area contributed by atoms with Crippen LogP contribution in [0.1, 0.15) is 29.6 Å². The average molecular weight is 260 g/mol. The predicted octanol–water partition coefficient (Wildman–Crippen LogP) is 2.06. The molecule has 2 fully saturated rings. The summed E-state index contributed by atoms with van der Waals surface area (Å²) in [5, 5.41) is 9.29. The van der Waals surface area contributed by atoms with Crippen molar-refractivity contribution in [3.8, 4) is 0 Å². The molecular formula is C15H20N2O2. The molecule has 0 radical (unpaired) electrons. The van der Waals surface area contributed by atoms with Gasteiger partial charge in [-0.3, -0.25) is 4.90 Å². The van der Waals surface area contributed by atoms with E-state index in [0.29, 0.717) is 11.6 Å². The van der Waals surface area contributed by atoms with E-state index in [9.17, 15) is 9.90 Å². The standard InChI is InChI=1S/C15H20N2O2/c18-15(19)13-6-1-2-7-14(13)17-10-9-16-8-4-3-5-12(16)11-17/h1-2,6-7,12H,3-5,8-11H2,(H,18,19). The van der Waals surface area contributed by atoms with Gasteiger partial charge in [0.1, 0.15) is 0 Å². The van der Waals surface area contributed by atoms with Crippen molar-refractivity contribution in [3.63, 3.8) is 0 Å². The van der Waals surface area contributed by atoms with Gasteiger partial charge in [-0.1, -0.05) is 18.6 Å². The number of para-hydroxylation sites is 1. The van der Waals surface area contributed by atoms with Gasteiger partial charge in [0.25, 0.3) is 0 Å². The molecule has 2 saturated heterocycles. The highest BCUT2D eigenvalue weighted by Gasteiger charge is 2.30. The second-order valence-electron chi connectivity index (χ2n) is 5.45. The minimum absolute atomic E-state index is 0.423. The molecule has 3 rings (SSSR count). The second kappa shape index (κ2) is 5.21. The van der Waals surface area contributed by atoms with E-state index in [1.807, 2.05) is 12.1 Å². The smallest absolute Gasteiger partial charge is 0.337 e. The zero-order valence-corrected chi connectivity index (χ0v) is 11.1. The summed E-state index contributed by atoms with van der Waals surface area (Å²) in [4.78, 5) is 16.1.